The van der Waals surface area contributed by atoms with E-state index in [-0.39, 0.29) is 23.1 Å². The van der Waals surface area contributed by atoms with Crippen LogP contribution in [0, 0.1) is 11.6 Å². The summed E-state index contributed by atoms with van der Waals surface area (Å²) in [7, 11) is -3.73. The van der Waals surface area contributed by atoms with Gasteiger partial charge in [0, 0.05) is 30.4 Å². The maximum atomic E-state index is 13.8. The summed E-state index contributed by atoms with van der Waals surface area (Å²) in [4.78, 5) is 2.04. The number of hydrogen-bond acceptors (Lipinski definition) is 4. The number of likely N-dealkylation sites (tertiary alicyclic amines) is 1. The van der Waals surface area contributed by atoms with Crippen molar-refractivity contribution in [1.82, 2.24) is 4.90 Å². The van der Waals surface area contributed by atoms with Gasteiger partial charge in [-0.1, -0.05) is 48.0 Å². The fraction of sp³-hybridized carbons (Fsp3) is 0.200. The third-order valence-electron chi connectivity index (χ3n) is 5.63. The van der Waals surface area contributed by atoms with Crippen molar-refractivity contribution < 1.29 is 22.3 Å². The summed E-state index contributed by atoms with van der Waals surface area (Å²) < 4.78 is 52.7. The fourth-order valence-electron chi connectivity index (χ4n) is 4.20. The van der Waals surface area contributed by atoms with Crippen LogP contribution in [-0.2, 0) is 16.4 Å². The SMILES string of the molecule is CS(=O)(=O)C(=C1CN([C@@H](c2ccc(Cl)cc2)c2ccc(CO)cc2)C1)c1cc(F)cc(F)c1. The van der Waals surface area contributed by atoms with E-state index in [1.54, 1.807) is 12.1 Å². The van der Waals surface area contributed by atoms with Gasteiger partial charge >= 0.3 is 0 Å². The molecule has 0 saturated carbocycles. The Morgan fingerprint density at radius 2 is 1.48 bits per heavy atom. The molecule has 3 aromatic carbocycles. The number of aliphatic hydroxyl groups excluding tert-OH is 1. The second-order valence-electron chi connectivity index (χ2n) is 8.12. The minimum absolute atomic E-state index is 0.0139. The monoisotopic (exact) mass is 489 g/mol. The molecule has 0 radical (unpaired) electrons. The number of rotatable bonds is 6. The minimum Gasteiger partial charge on any atom is -0.392 e. The molecule has 1 fully saturated rings. The number of nitrogens with zero attached hydrogens (tertiary/aromatic N) is 1. The molecule has 0 aliphatic carbocycles. The third-order valence-corrected chi connectivity index (χ3v) is 7.15. The van der Waals surface area contributed by atoms with Crippen LogP contribution < -0.4 is 0 Å². The molecule has 1 N–H and O–H groups in total. The molecule has 8 heteroatoms. The first-order valence-electron chi connectivity index (χ1n) is 10.2. The van der Waals surface area contributed by atoms with Gasteiger partial charge in [-0.2, -0.15) is 0 Å². The van der Waals surface area contributed by atoms with Crippen LogP contribution in [0.1, 0.15) is 28.3 Å². The van der Waals surface area contributed by atoms with Gasteiger partial charge in [-0.05, 0) is 52.1 Å². The predicted octanol–water partition coefficient (Wildman–Crippen LogP) is 4.97. The number of benzene rings is 3. The standard InChI is InChI=1S/C25H22ClF2NO3S/c1-33(31,32)25(19-10-22(27)12-23(28)11-19)20-13-29(14-20)24(18-6-8-21(26)9-7-18)17-4-2-16(15-30)3-5-17/h2-12,24,30H,13-15H2,1H3/t24-/m1/s1. The van der Waals surface area contributed by atoms with Crippen LogP contribution in [0.2, 0.25) is 5.02 Å². The zero-order chi connectivity index (χ0) is 23.8. The summed E-state index contributed by atoms with van der Waals surface area (Å²) >= 11 is 6.06. The van der Waals surface area contributed by atoms with Gasteiger partial charge in [0.05, 0.1) is 17.6 Å². The maximum Gasteiger partial charge on any atom is 0.176 e. The topological polar surface area (TPSA) is 57.6 Å². The molecule has 3 aromatic rings. The average Bonchev–Trinajstić information content (AvgIpc) is 2.72. The molecule has 4 rings (SSSR count). The highest BCUT2D eigenvalue weighted by Gasteiger charge is 2.34. The molecular formula is C25H22ClF2NO3S. The summed E-state index contributed by atoms with van der Waals surface area (Å²) in [6.45, 7) is 0.565. The summed E-state index contributed by atoms with van der Waals surface area (Å²) in [6, 6.07) is 17.5. The minimum atomic E-state index is -3.73. The van der Waals surface area contributed by atoms with E-state index in [9.17, 15) is 22.3 Å². The van der Waals surface area contributed by atoms with E-state index in [0.29, 0.717) is 29.8 Å². The second-order valence-corrected chi connectivity index (χ2v) is 10.5. The van der Waals surface area contributed by atoms with Gasteiger partial charge in [0.1, 0.15) is 11.6 Å². The van der Waals surface area contributed by atoms with E-state index in [1.165, 1.54) is 0 Å². The lowest BCUT2D eigenvalue weighted by Crippen LogP contribution is -2.44. The highest BCUT2D eigenvalue weighted by atomic mass is 35.5. The molecule has 0 spiro atoms. The lowest BCUT2D eigenvalue weighted by Gasteiger charge is -2.42. The first-order valence-corrected chi connectivity index (χ1v) is 12.5. The van der Waals surface area contributed by atoms with Gasteiger partial charge in [-0.25, -0.2) is 17.2 Å². The first kappa shape index (κ1) is 23.6. The van der Waals surface area contributed by atoms with Gasteiger partial charge in [0.25, 0.3) is 0 Å². The molecule has 1 aliphatic heterocycles. The van der Waals surface area contributed by atoms with Crippen molar-refractivity contribution in [1.29, 1.82) is 0 Å². The van der Waals surface area contributed by atoms with E-state index < -0.39 is 21.5 Å². The van der Waals surface area contributed by atoms with Crippen molar-refractivity contribution >= 4 is 26.3 Å². The van der Waals surface area contributed by atoms with Crippen LogP contribution in [0.15, 0.2) is 72.3 Å². The van der Waals surface area contributed by atoms with Gasteiger partial charge in [-0.15, -0.1) is 0 Å². The Bertz CT molecular complexity index is 1280. The van der Waals surface area contributed by atoms with E-state index >= 15 is 0 Å². The highest BCUT2D eigenvalue weighted by Crippen LogP contribution is 2.38. The second kappa shape index (κ2) is 9.35. The van der Waals surface area contributed by atoms with Gasteiger partial charge in [0.2, 0.25) is 0 Å². The normalized spacial score (nSPS) is 15.2. The molecule has 33 heavy (non-hydrogen) atoms. The number of hydrogen-bond donors (Lipinski definition) is 1. The summed E-state index contributed by atoms with van der Waals surface area (Å²) in [5.74, 6) is -1.66. The molecule has 0 amide bonds. The van der Waals surface area contributed by atoms with Crippen molar-refractivity contribution in [2.45, 2.75) is 12.6 Å². The molecule has 1 atom stereocenters. The summed E-state index contributed by atoms with van der Waals surface area (Å²) in [5, 5.41) is 9.96. The lowest BCUT2D eigenvalue weighted by molar-refractivity contribution is 0.203. The Kier molecular flexibility index (Phi) is 6.68. The first-order chi connectivity index (χ1) is 15.7. The van der Waals surface area contributed by atoms with Crippen LogP contribution in [-0.4, -0.2) is 37.8 Å². The van der Waals surface area contributed by atoms with Crippen LogP contribution in [0.25, 0.3) is 4.91 Å². The zero-order valence-corrected chi connectivity index (χ0v) is 19.4. The maximum absolute atomic E-state index is 13.8. The fourth-order valence-corrected chi connectivity index (χ4v) is 5.53. The smallest absolute Gasteiger partial charge is 0.176 e. The van der Waals surface area contributed by atoms with Crippen LogP contribution >= 0.6 is 11.6 Å². The molecular weight excluding hydrogens is 468 g/mol. The van der Waals surface area contributed by atoms with E-state index in [1.807, 2.05) is 36.4 Å². The molecule has 172 valence electrons. The van der Waals surface area contributed by atoms with Crippen LogP contribution in [0.3, 0.4) is 0 Å². The van der Waals surface area contributed by atoms with E-state index in [0.717, 1.165) is 35.1 Å². The zero-order valence-electron chi connectivity index (χ0n) is 17.8. The van der Waals surface area contributed by atoms with Gasteiger partial charge in [0.15, 0.2) is 9.84 Å². The van der Waals surface area contributed by atoms with Gasteiger partial charge < -0.3 is 5.11 Å². The number of aliphatic hydroxyl groups is 1. The average molecular weight is 490 g/mol. The quantitative estimate of drug-likeness (QED) is 0.531. The van der Waals surface area contributed by atoms with Crippen molar-refractivity contribution in [3.63, 3.8) is 0 Å². The lowest BCUT2D eigenvalue weighted by atomic mass is 9.91. The van der Waals surface area contributed by atoms with E-state index in [4.69, 9.17) is 11.6 Å². The molecule has 1 saturated heterocycles. The highest BCUT2D eigenvalue weighted by molar-refractivity contribution is 8.00. The largest absolute Gasteiger partial charge is 0.392 e. The van der Waals surface area contributed by atoms with Crippen LogP contribution in [0.5, 0.6) is 0 Å². The Hall–Kier alpha value is -2.58. The number of sulfone groups is 1. The van der Waals surface area contributed by atoms with Crippen molar-refractivity contribution in [3.8, 4) is 0 Å². The molecule has 0 bridgehead atoms. The summed E-state index contributed by atoms with van der Waals surface area (Å²) in [6.07, 6.45) is 1.05. The van der Waals surface area contributed by atoms with E-state index in [2.05, 4.69) is 4.90 Å². The van der Waals surface area contributed by atoms with Gasteiger partial charge in [-0.3, -0.25) is 4.90 Å². The Morgan fingerprint density at radius 1 is 0.970 bits per heavy atom. The van der Waals surface area contributed by atoms with Crippen LogP contribution in [0.4, 0.5) is 8.78 Å². The number of halogens is 3. The predicted molar refractivity (Wildman–Crippen MR) is 125 cm³/mol. The molecule has 0 unspecified atom stereocenters. The summed E-state index contributed by atoms with van der Waals surface area (Å²) in [5.41, 5.74) is 3.32. The third kappa shape index (κ3) is 5.17. The molecule has 1 heterocycles. The molecule has 1 aliphatic rings. The molecule has 0 aromatic heterocycles. The Morgan fingerprint density at radius 3 is 1.97 bits per heavy atom. The van der Waals surface area contributed by atoms with Crippen molar-refractivity contribution in [3.05, 3.63) is 111 Å². The Balaban J connectivity index is 1.73. The van der Waals surface area contributed by atoms with Crippen molar-refractivity contribution in [2.75, 3.05) is 19.3 Å². The van der Waals surface area contributed by atoms with Crippen molar-refractivity contribution in [2.24, 2.45) is 0 Å². The Labute approximate surface area is 196 Å². The molecule has 4 nitrogen and oxygen atoms in total.